The van der Waals surface area contributed by atoms with Gasteiger partial charge in [0.1, 0.15) is 11.6 Å². The number of anilines is 1. The van der Waals surface area contributed by atoms with Gasteiger partial charge in [0, 0.05) is 25.5 Å². The lowest BCUT2D eigenvalue weighted by atomic mass is 9.98. The highest BCUT2D eigenvalue weighted by molar-refractivity contribution is 7.90. The van der Waals surface area contributed by atoms with Crippen molar-refractivity contribution in [3.63, 3.8) is 0 Å². The first-order valence-corrected chi connectivity index (χ1v) is 14.4. The Hall–Kier alpha value is -2.45. The van der Waals surface area contributed by atoms with E-state index >= 15 is 0 Å². The third kappa shape index (κ3) is 9.26. The average Bonchev–Trinajstić information content (AvgIpc) is 2.87. The normalized spacial score (nSPS) is 17.0. The summed E-state index contributed by atoms with van der Waals surface area (Å²) < 4.78 is 28.7. The van der Waals surface area contributed by atoms with Crippen LogP contribution in [0.15, 0.2) is 48.6 Å². The molecule has 1 aliphatic heterocycles. The topological polar surface area (TPSA) is 92.6 Å². The number of piperidine rings is 1. The van der Waals surface area contributed by atoms with Crippen molar-refractivity contribution in [2.45, 2.75) is 82.4 Å². The number of hydrogen-bond donors (Lipinski definition) is 1. The van der Waals surface area contributed by atoms with Crippen LogP contribution in [0.1, 0.15) is 63.1 Å². The number of hydrogen-bond acceptors (Lipinski definition) is 7. The molecule has 4 rings (SSSR count). The van der Waals surface area contributed by atoms with Crippen molar-refractivity contribution in [1.29, 1.82) is 0 Å². The number of aliphatic hydroxyl groups excluding tert-OH is 1. The van der Waals surface area contributed by atoms with Crippen LogP contribution >= 0.6 is 0 Å². The van der Waals surface area contributed by atoms with Crippen molar-refractivity contribution in [2.24, 2.45) is 0 Å². The molecule has 2 fully saturated rings. The summed E-state index contributed by atoms with van der Waals surface area (Å²) in [5.41, 5.74) is 1.92. The monoisotopic (exact) mass is 503 g/mol. The van der Waals surface area contributed by atoms with E-state index in [0.717, 1.165) is 57.3 Å². The molecule has 1 aliphatic carbocycles. The summed E-state index contributed by atoms with van der Waals surface area (Å²) in [7, 11) is -3.24. The fourth-order valence-corrected chi connectivity index (χ4v) is 4.74. The van der Waals surface area contributed by atoms with Crippen molar-refractivity contribution >= 4 is 15.7 Å². The predicted molar refractivity (Wildman–Crippen MR) is 142 cm³/mol. The number of aliphatic hydroxyl groups is 1. The Morgan fingerprint density at radius 1 is 1.06 bits per heavy atom. The number of aromatic nitrogens is 2. The van der Waals surface area contributed by atoms with Crippen molar-refractivity contribution in [3.05, 3.63) is 54.9 Å². The molecule has 0 atom stereocenters. The molecule has 35 heavy (non-hydrogen) atoms. The highest BCUT2D eigenvalue weighted by atomic mass is 32.2. The lowest BCUT2D eigenvalue weighted by Gasteiger charge is -2.30. The Balaban J connectivity index is 0.000000234. The molecule has 2 aliphatic rings. The molecule has 2 aromatic heterocycles. The van der Waals surface area contributed by atoms with Gasteiger partial charge in [-0.2, -0.15) is 0 Å². The molecular formula is C27H41N3O4S. The lowest BCUT2D eigenvalue weighted by Crippen LogP contribution is -2.36. The maximum atomic E-state index is 11.4. The van der Waals surface area contributed by atoms with Crippen molar-refractivity contribution in [3.8, 4) is 5.75 Å². The molecule has 3 heterocycles. The van der Waals surface area contributed by atoms with Gasteiger partial charge in [-0.1, -0.05) is 19.4 Å². The zero-order chi connectivity index (χ0) is 25.8. The highest BCUT2D eigenvalue weighted by Crippen LogP contribution is 2.25. The van der Waals surface area contributed by atoms with Gasteiger partial charge in [-0.25, -0.2) is 18.4 Å². The van der Waals surface area contributed by atoms with Crippen LogP contribution in [0.3, 0.4) is 0 Å². The van der Waals surface area contributed by atoms with E-state index in [9.17, 15) is 13.5 Å². The minimum atomic E-state index is -3.24. The van der Waals surface area contributed by atoms with E-state index in [2.05, 4.69) is 47.1 Å². The first-order valence-electron chi connectivity index (χ1n) is 12.5. The maximum absolute atomic E-state index is 11.4. The molecule has 0 unspecified atom stereocenters. The fraction of sp³-hybridized carbons (Fsp3) is 0.556. The number of sulfone groups is 1. The van der Waals surface area contributed by atoms with Crippen LogP contribution in [0, 0.1) is 6.92 Å². The Morgan fingerprint density at radius 2 is 1.71 bits per heavy atom. The van der Waals surface area contributed by atoms with E-state index in [1.54, 1.807) is 13.0 Å². The molecule has 0 spiro atoms. The highest BCUT2D eigenvalue weighted by Gasteiger charge is 2.18. The summed E-state index contributed by atoms with van der Waals surface area (Å²) in [5.74, 6) is 1.74. The van der Waals surface area contributed by atoms with E-state index < -0.39 is 9.84 Å². The van der Waals surface area contributed by atoms with Gasteiger partial charge in [0.25, 0.3) is 0 Å². The quantitative estimate of drug-likeness (QED) is 0.579. The summed E-state index contributed by atoms with van der Waals surface area (Å²) in [6, 6.07) is 7.44. The van der Waals surface area contributed by atoms with E-state index in [-0.39, 0.29) is 17.2 Å². The zero-order valence-corrected chi connectivity index (χ0v) is 22.3. The van der Waals surface area contributed by atoms with Gasteiger partial charge in [0.05, 0.1) is 17.9 Å². The van der Waals surface area contributed by atoms with Gasteiger partial charge in [-0.15, -0.1) is 13.2 Å². The number of pyridine rings is 2. The Labute approximate surface area is 211 Å². The molecule has 1 N–H and O–H groups in total. The molecule has 2 aromatic rings. The van der Waals surface area contributed by atoms with Gasteiger partial charge in [0.2, 0.25) is 0 Å². The summed E-state index contributed by atoms with van der Waals surface area (Å²) in [6.07, 6.45) is 11.8. The Kier molecular flexibility index (Phi) is 11.7. The second kappa shape index (κ2) is 14.2. The van der Waals surface area contributed by atoms with E-state index in [1.165, 1.54) is 30.9 Å². The molecule has 0 aromatic carbocycles. The number of aryl methyl sites for hydroxylation is 2. The van der Waals surface area contributed by atoms with Crippen molar-refractivity contribution in [1.82, 2.24) is 9.97 Å². The van der Waals surface area contributed by atoms with Gasteiger partial charge >= 0.3 is 0 Å². The van der Waals surface area contributed by atoms with Crippen molar-refractivity contribution in [2.75, 3.05) is 24.2 Å². The average molecular weight is 504 g/mol. The largest absolute Gasteiger partial charge is 0.489 e. The third-order valence-corrected chi connectivity index (χ3v) is 7.23. The molecular weight excluding hydrogens is 462 g/mol. The second-order valence-corrected chi connectivity index (χ2v) is 10.9. The van der Waals surface area contributed by atoms with Crippen LogP contribution in [0.4, 0.5) is 5.82 Å². The van der Waals surface area contributed by atoms with Gasteiger partial charge in [-0.05, 0) is 75.6 Å². The Bertz CT molecular complexity index is 998. The molecule has 1 saturated heterocycles. The Morgan fingerprint density at radius 3 is 2.23 bits per heavy atom. The van der Waals surface area contributed by atoms with E-state index in [1.807, 2.05) is 6.20 Å². The van der Waals surface area contributed by atoms with Crippen LogP contribution < -0.4 is 9.64 Å². The summed E-state index contributed by atoms with van der Waals surface area (Å²) in [5, 5.41) is 9.52. The summed E-state index contributed by atoms with van der Waals surface area (Å²) in [6.45, 7) is 11.8. The van der Waals surface area contributed by atoms with Crippen molar-refractivity contribution < 1.29 is 18.3 Å². The van der Waals surface area contributed by atoms with Crippen LogP contribution in [-0.2, 0) is 16.3 Å². The second-order valence-electron chi connectivity index (χ2n) is 8.98. The van der Waals surface area contributed by atoms with Gasteiger partial charge < -0.3 is 14.7 Å². The zero-order valence-electron chi connectivity index (χ0n) is 21.4. The van der Waals surface area contributed by atoms with E-state index in [0.29, 0.717) is 11.4 Å². The standard InChI is InChI=1S/C13H19NO3S.C12H18N2O.C2H4/c1-10-12(17-11-6-4-3-5-7-11)8-9-13(14-10)18(2,15)16;1-2-10-3-4-12(13-9-10)14-7-5-11(15)6-8-14;1-2/h8-9,11H,3-7H2,1-2H3;3-4,9,11,15H,2,5-8H2,1H3;1-2H2. The smallest absolute Gasteiger partial charge is 0.192 e. The first kappa shape index (κ1) is 28.8. The molecule has 8 heteroatoms. The SMILES string of the molecule is C=C.CCc1ccc(N2CCC(O)CC2)nc1.Cc1nc(S(C)(=O)=O)ccc1OC1CCCCC1. The van der Waals surface area contributed by atoms with Gasteiger partial charge in [-0.3, -0.25) is 0 Å². The maximum Gasteiger partial charge on any atom is 0.192 e. The minimum Gasteiger partial charge on any atom is -0.489 e. The fourth-order valence-electron chi connectivity index (χ4n) is 4.13. The van der Waals surface area contributed by atoms with Crippen LogP contribution in [0.5, 0.6) is 5.75 Å². The van der Waals surface area contributed by atoms with Crippen LogP contribution in [0.25, 0.3) is 0 Å². The molecule has 0 radical (unpaired) electrons. The molecule has 0 bridgehead atoms. The number of nitrogens with zero attached hydrogens (tertiary/aromatic N) is 3. The number of rotatable bonds is 5. The summed E-state index contributed by atoms with van der Waals surface area (Å²) in [4.78, 5) is 10.8. The number of ether oxygens (including phenoxy) is 1. The third-order valence-electron chi connectivity index (χ3n) is 6.24. The molecule has 0 amide bonds. The minimum absolute atomic E-state index is 0.107. The molecule has 7 nitrogen and oxygen atoms in total. The molecule has 1 saturated carbocycles. The molecule has 194 valence electrons. The summed E-state index contributed by atoms with van der Waals surface area (Å²) >= 11 is 0. The van der Waals surface area contributed by atoms with Crippen LogP contribution in [0.2, 0.25) is 0 Å². The van der Waals surface area contributed by atoms with Gasteiger partial charge in [0.15, 0.2) is 14.9 Å². The predicted octanol–water partition coefficient (Wildman–Crippen LogP) is 4.91. The first-order chi connectivity index (χ1) is 16.8. The lowest BCUT2D eigenvalue weighted by molar-refractivity contribution is 0.145. The van der Waals surface area contributed by atoms with E-state index in [4.69, 9.17) is 4.74 Å². The van der Waals surface area contributed by atoms with Crippen LogP contribution in [-0.4, -0.2) is 55.0 Å².